The number of fused-ring (bicyclic) bond motifs is 5. The number of hydrogen-bond donors (Lipinski definition) is 0. The van der Waals surface area contributed by atoms with Gasteiger partial charge in [0.05, 0.1) is 22.6 Å². The number of rotatable bonds is 6. The molecule has 2 heterocycles. The molecule has 0 N–H and O–H groups in total. The molecular weight excluding hydrogens is 705 g/mol. The average molecular weight is 739 g/mol. The first-order valence-corrected chi connectivity index (χ1v) is 19.5. The van der Waals surface area contributed by atoms with Gasteiger partial charge in [-0.1, -0.05) is 170 Å². The van der Waals surface area contributed by atoms with E-state index in [0.29, 0.717) is 11.6 Å². The fourth-order valence-corrected chi connectivity index (χ4v) is 8.03. The number of nitrogens with zero attached hydrogens (tertiary/aromatic N) is 4. The molecule has 2 aromatic heterocycles. The molecule has 0 bridgehead atoms. The number of aromatic nitrogens is 4. The van der Waals surface area contributed by atoms with Crippen LogP contribution in [-0.2, 0) is 0 Å². The van der Waals surface area contributed by atoms with Gasteiger partial charge in [-0.3, -0.25) is 0 Å². The Morgan fingerprint density at radius 3 is 1.41 bits per heavy atom. The molecule has 0 saturated carbocycles. The molecule has 0 amide bonds. The summed E-state index contributed by atoms with van der Waals surface area (Å²) in [5, 5.41) is 7.96. The van der Waals surface area contributed by atoms with Crippen molar-refractivity contribution >= 4 is 43.2 Å². The zero-order valence-corrected chi connectivity index (χ0v) is 31.4. The predicted molar refractivity (Wildman–Crippen MR) is 240 cm³/mol. The van der Waals surface area contributed by atoms with Crippen LogP contribution in [0, 0.1) is 0 Å². The molecule has 58 heavy (non-hydrogen) atoms. The largest absolute Gasteiger partial charge is 0.228 e. The Kier molecular flexibility index (Phi) is 8.11. The van der Waals surface area contributed by atoms with Crippen molar-refractivity contribution in [3.8, 4) is 67.7 Å². The summed E-state index contributed by atoms with van der Waals surface area (Å²) in [4.78, 5) is 20.9. The van der Waals surface area contributed by atoms with Crippen LogP contribution >= 0.6 is 0 Å². The van der Waals surface area contributed by atoms with Crippen LogP contribution in [-0.4, -0.2) is 19.9 Å². The van der Waals surface area contributed by atoms with E-state index >= 15 is 0 Å². The summed E-state index contributed by atoms with van der Waals surface area (Å²) >= 11 is 0. The Labute approximate surface area is 335 Å². The van der Waals surface area contributed by atoms with Crippen molar-refractivity contribution in [2.45, 2.75) is 0 Å². The standard InChI is InChI=1S/C54H34N4/c1-3-14-38(15-4-1)51-47-29-28-37-24-25-43(33-48(37)52(47)58-53(57-51)39-16-5-2-6-17-39)42-20-11-21-46(32-42)54-55-49(44-26-22-35-12-7-9-18-40(35)30-44)34-50(56-54)45-27-23-36-13-8-10-19-41(36)31-45/h1-34H. The molecule has 270 valence electrons. The third-order valence-corrected chi connectivity index (χ3v) is 11.0. The van der Waals surface area contributed by atoms with Gasteiger partial charge in [-0.25, -0.2) is 19.9 Å². The van der Waals surface area contributed by atoms with E-state index in [1.54, 1.807) is 0 Å². The number of benzene rings is 9. The lowest BCUT2D eigenvalue weighted by Crippen LogP contribution is -1.97. The molecule has 4 nitrogen and oxygen atoms in total. The lowest BCUT2D eigenvalue weighted by atomic mass is 9.96. The second kappa shape index (κ2) is 14.0. The van der Waals surface area contributed by atoms with E-state index < -0.39 is 0 Å². The third kappa shape index (κ3) is 6.14. The maximum Gasteiger partial charge on any atom is 0.160 e. The van der Waals surface area contributed by atoms with Crippen LogP contribution in [0.15, 0.2) is 206 Å². The smallest absolute Gasteiger partial charge is 0.160 e. The highest BCUT2D eigenvalue weighted by atomic mass is 14.9. The van der Waals surface area contributed by atoms with Crippen LogP contribution in [0.3, 0.4) is 0 Å². The van der Waals surface area contributed by atoms with Crippen LogP contribution in [0.1, 0.15) is 0 Å². The summed E-state index contributed by atoms with van der Waals surface area (Å²) in [6, 6.07) is 72.3. The van der Waals surface area contributed by atoms with Gasteiger partial charge in [-0.05, 0) is 74.5 Å². The van der Waals surface area contributed by atoms with E-state index in [2.05, 4.69) is 182 Å². The van der Waals surface area contributed by atoms with Gasteiger partial charge in [0.2, 0.25) is 0 Å². The fourth-order valence-electron chi connectivity index (χ4n) is 8.03. The lowest BCUT2D eigenvalue weighted by Gasteiger charge is -2.13. The lowest BCUT2D eigenvalue weighted by molar-refractivity contribution is 1.18. The molecule has 11 aromatic rings. The van der Waals surface area contributed by atoms with Gasteiger partial charge in [-0.2, -0.15) is 0 Å². The van der Waals surface area contributed by atoms with Gasteiger partial charge in [0.1, 0.15) is 0 Å². The summed E-state index contributed by atoms with van der Waals surface area (Å²) < 4.78 is 0. The normalized spacial score (nSPS) is 11.4. The summed E-state index contributed by atoms with van der Waals surface area (Å²) in [7, 11) is 0. The van der Waals surface area contributed by atoms with Crippen LogP contribution in [0.4, 0.5) is 0 Å². The van der Waals surface area contributed by atoms with E-state index in [1.165, 1.54) is 21.5 Å². The Morgan fingerprint density at radius 2 is 0.741 bits per heavy atom. The molecule has 0 aliphatic rings. The third-order valence-electron chi connectivity index (χ3n) is 11.0. The molecular formula is C54H34N4. The highest BCUT2D eigenvalue weighted by Gasteiger charge is 2.16. The van der Waals surface area contributed by atoms with Gasteiger partial charge in [0.25, 0.3) is 0 Å². The van der Waals surface area contributed by atoms with Crippen molar-refractivity contribution in [3.05, 3.63) is 206 Å². The monoisotopic (exact) mass is 738 g/mol. The Hall–Kier alpha value is -7.82. The Balaban J connectivity index is 1.07. The topological polar surface area (TPSA) is 51.6 Å². The summed E-state index contributed by atoms with van der Waals surface area (Å²) in [5.41, 5.74) is 10.9. The van der Waals surface area contributed by atoms with Crippen molar-refractivity contribution in [1.82, 2.24) is 19.9 Å². The van der Waals surface area contributed by atoms with Crippen molar-refractivity contribution in [2.24, 2.45) is 0 Å². The van der Waals surface area contributed by atoms with Gasteiger partial charge in [0.15, 0.2) is 11.6 Å². The molecule has 0 saturated heterocycles. The second-order valence-corrected chi connectivity index (χ2v) is 14.7. The zero-order chi connectivity index (χ0) is 38.4. The second-order valence-electron chi connectivity index (χ2n) is 14.7. The average Bonchev–Trinajstić information content (AvgIpc) is 3.31. The quantitative estimate of drug-likeness (QED) is 0.159. The van der Waals surface area contributed by atoms with Crippen molar-refractivity contribution in [2.75, 3.05) is 0 Å². The van der Waals surface area contributed by atoms with Gasteiger partial charge < -0.3 is 0 Å². The SMILES string of the molecule is c1ccc(-c2nc(-c3ccccc3)c3ccc4ccc(-c5cccc(-c6nc(-c7ccc8ccccc8c7)cc(-c7ccc8ccccc8c7)n6)c5)cc4c3n2)cc1. The summed E-state index contributed by atoms with van der Waals surface area (Å²) in [6.45, 7) is 0. The van der Waals surface area contributed by atoms with E-state index in [4.69, 9.17) is 19.9 Å². The van der Waals surface area contributed by atoms with Gasteiger partial charge >= 0.3 is 0 Å². The van der Waals surface area contributed by atoms with Gasteiger partial charge in [0, 0.05) is 38.6 Å². The van der Waals surface area contributed by atoms with E-state index in [-0.39, 0.29) is 0 Å². The van der Waals surface area contributed by atoms with Crippen LogP contribution in [0.2, 0.25) is 0 Å². The van der Waals surface area contributed by atoms with E-state index in [9.17, 15) is 0 Å². The minimum atomic E-state index is 0.676. The summed E-state index contributed by atoms with van der Waals surface area (Å²) in [6.07, 6.45) is 0. The molecule has 0 unspecified atom stereocenters. The zero-order valence-electron chi connectivity index (χ0n) is 31.4. The first-order valence-electron chi connectivity index (χ1n) is 19.5. The minimum Gasteiger partial charge on any atom is -0.228 e. The van der Waals surface area contributed by atoms with E-state index in [1.807, 2.05) is 24.3 Å². The molecule has 9 aromatic carbocycles. The molecule has 0 atom stereocenters. The molecule has 11 rings (SSSR count). The maximum absolute atomic E-state index is 5.24. The fraction of sp³-hybridized carbons (Fsp3) is 0. The highest BCUT2D eigenvalue weighted by molar-refractivity contribution is 6.11. The predicted octanol–water partition coefficient (Wildman–Crippen LogP) is 13.9. The molecule has 0 fully saturated rings. The molecule has 0 aliphatic carbocycles. The Morgan fingerprint density at radius 1 is 0.241 bits per heavy atom. The highest BCUT2D eigenvalue weighted by Crippen LogP contribution is 2.37. The first-order chi connectivity index (χ1) is 28.7. The van der Waals surface area contributed by atoms with Crippen LogP contribution in [0.5, 0.6) is 0 Å². The number of hydrogen-bond acceptors (Lipinski definition) is 4. The van der Waals surface area contributed by atoms with E-state index in [0.717, 1.165) is 77.7 Å². The maximum atomic E-state index is 5.24. The minimum absolute atomic E-state index is 0.676. The van der Waals surface area contributed by atoms with Gasteiger partial charge in [-0.15, -0.1) is 0 Å². The van der Waals surface area contributed by atoms with Crippen molar-refractivity contribution in [1.29, 1.82) is 0 Å². The Bertz CT molecular complexity index is 3240. The van der Waals surface area contributed by atoms with Crippen LogP contribution in [0.25, 0.3) is 111 Å². The first kappa shape index (κ1) is 33.5. The molecule has 0 aliphatic heterocycles. The van der Waals surface area contributed by atoms with Crippen molar-refractivity contribution in [3.63, 3.8) is 0 Å². The molecule has 0 radical (unpaired) electrons. The summed E-state index contributed by atoms with van der Waals surface area (Å²) in [5.74, 6) is 1.38. The van der Waals surface area contributed by atoms with Crippen molar-refractivity contribution < 1.29 is 0 Å². The van der Waals surface area contributed by atoms with Crippen LogP contribution < -0.4 is 0 Å². The molecule has 4 heteroatoms. The molecule has 0 spiro atoms.